The summed E-state index contributed by atoms with van der Waals surface area (Å²) in [6.07, 6.45) is 0. The summed E-state index contributed by atoms with van der Waals surface area (Å²) in [6, 6.07) is 54.4. The van der Waals surface area contributed by atoms with E-state index in [9.17, 15) is 0 Å². The number of aryl methyl sites for hydroxylation is 2. The second-order valence-electron chi connectivity index (χ2n) is 13.5. The van der Waals surface area contributed by atoms with Crippen molar-refractivity contribution in [2.45, 2.75) is 13.8 Å². The first-order valence-electron chi connectivity index (χ1n) is 16.9. The zero-order valence-corrected chi connectivity index (χ0v) is 28.0. The Bertz CT molecular complexity index is 2940. The van der Waals surface area contributed by atoms with E-state index >= 15 is 0 Å². The molecule has 0 fully saturated rings. The number of para-hydroxylation sites is 2. The average molecular weight is 643 g/mol. The smallest absolute Gasteiger partial charge is 0.0561 e. The zero-order chi connectivity index (χ0) is 32.4. The van der Waals surface area contributed by atoms with Crippen LogP contribution in [0.3, 0.4) is 0 Å². The molecular formula is C46H30N2S. The summed E-state index contributed by atoms with van der Waals surface area (Å²) in [5.41, 5.74) is 9.84. The lowest BCUT2D eigenvalue weighted by Gasteiger charge is -2.20. The molecule has 0 aliphatic carbocycles. The van der Waals surface area contributed by atoms with E-state index in [0.29, 0.717) is 0 Å². The van der Waals surface area contributed by atoms with Crippen molar-refractivity contribution in [1.82, 2.24) is 9.13 Å². The van der Waals surface area contributed by atoms with Crippen molar-refractivity contribution in [1.29, 1.82) is 0 Å². The van der Waals surface area contributed by atoms with Crippen LogP contribution in [0.1, 0.15) is 11.1 Å². The Morgan fingerprint density at radius 3 is 1.18 bits per heavy atom. The molecule has 2 nitrogen and oxygen atoms in total. The number of pyridine rings is 2. The molecule has 49 heavy (non-hydrogen) atoms. The second-order valence-corrected chi connectivity index (χ2v) is 14.6. The van der Waals surface area contributed by atoms with Crippen molar-refractivity contribution in [2.24, 2.45) is 0 Å². The van der Waals surface area contributed by atoms with Gasteiger partial charge in [-0.1, -0.05) is 108 Å². The summed E-state index contributed by atoms with van der Waals surface area (Å²) in [7, 11) is 0. The molecule has 0 N–H and O–H groups in total. The lowest BCUT2D eigenvalue weighted by molar-refractivity contribution is 1.16. The molecule has 11 aromatic rings. The molecule has 3 aromatic heterocycles. The first kappa shape index (κ1) is 27.1. The molecule has 0 radical (unpaired) electrons. The molecular weight excluding hydrogens is 613 g/mol. The summed E-state index contributed by atoms with van der Waals surface area (Å²) in [4.78, 5) is 0. The number of hydrogen-bond acceptors (Lipinski definition) is 1. The van der Waals surface area contributed by atoms with Crippen LogP contribution in [0.15, 0.2) is 146 Å². The standard InChI is InChI=1S/C46H30N2S/c1-27-17-21-29(22-18-27)47-37-15-5-3-9-31(37)33-11-7-13-35-43(33)39(47)25-41-45(35)46-36-14-8-12-34-32-10-4-6-16-38(32)48(30-23-19-28(2)20-24-30)40(44(34)36)26-42(46)49-41/h3-26H,1-2H3. The van der Waals surface area contributed by atoms with Crippen LogP contribution in [0.25, 0.3) is 96.7 Å². The summed E-state index contributed by atoms with van der Waals surface area (Å²) in [5.74, 6) is 0. The molecule has 0 saturated carbocycles. The quantitative estimate of drug-likeness (QED) is 0.131. The van der Waals surface area contributed by atoms with Crippen LogP contribution in [0.5, 0.6) is 0 Å². The molecule has 8 aromatic carbocycles. The van der Waals surface area contributed by atoms with Crippen molar-refractivity contribution in [3.05, 3.63) is 157 Å². The number of benzene rings is 8. The van der Waals surface area contributed by atoms with E-state index in [1.165, 1.54) is 108 Å². The van der Waals surface area contributed by atoms with Crippen molar-refractivity contribution >= 4 is 96.7 Å². The molecule has 0 aliphatic rings. The number of hydrogen-bond donors (Lipinski definition) is 0. The van der Waals surface area contributed by atoms with Gasteiger partial charge in [-0.3, -0.25) is 0 Å². The second kappa shape index (κ2) is 9.82. The topological polar surface area (TPSA) is 9.86 Å². The Morgan fingerprint density at radius 1 is 0.347 bits per heavy atom. The maximum atomic E-state index is 2.47. The summed E-state index contributed by atoms with van der Waals surface area (Å²) in [6.45, 7) is 4.31. The molecule has 0 unspecified atom stereocenters. The molecule has 0 atom stereocenters. The highest BCUT2D eigenvalue weighted by Gasteiger charge is 2.22. The molecule has 0 aliphatic heterocycles. The normalized spacial score (nSPS) is 12.3. The monoisotopic (exact) mass is 642 g/mol. The van der Waals surface area contributed by atoms with E-state index in [-0.39, 0.29) is 0 Å². The third kappa shape index (κ3) is 3.65. The van der Waals surface area contributed by atoms with Gasteiger partial charge in [0.2, 0.25) is 0 Å². The minimum Gasteiger partial charge on any atom is -0.309 e. The van der Waals surface area contributed by atoms with Gasteiger partial charge in [0.15, 0.2) is 0 Å². The lowest BCUT2D eigenvalue weighted by Crippen LogP contribution is -2.01. The van der Waals surface area contributed by atoms with E-state index in [4.69, 9.17) is 0 Å². The van der Waals surface area contributed by atoms with Crippen LogP contribution in [-0.4, -0.2) is 9.13 Å². The number of aromatic nitrogens is 2. The van der Waals surface area contributed by atoms with Crippen LogP contribution >= 0.6 is 11.3 Å². The first-order valence-corrected chi connectivity index (χ1v) is 17.8. The van der Waals surface area contributed by atoms with Crippen LogP contribution in [0.4, 0.5) is 0 Å². The number of rotatable bonds is 2. The predicted octanol–water partition coefficient (Wildman–Crippen LogP) is 13.2. The van der Waals surface area contributed by atoms with Gasteiger partial charge < -0.3 is 9.13 Å². The Balaban J connectivity index is 1.37. The van der Waals surface area contributed by atoms with Crippen LogP contribution in [-0.2, 0) is 0 Å². The molecule has 3 heterocycles. The number of nitrogens with zero attached hydrogens (tertiary/aromatic N) is 2. The summed E-state index contributed by atoms with van der Waals surface area (Å²) < 4.78 is 7.57. The molecule has 0 spiro atoms. The highest BCUT2D eigenvalue weighted by Crippen LogP contribution is 2.49. The fourth-order valence-electron chi connectivity index (χ4n) is 8.47. The highest BCUT2D eigenvalue weighted by molar-refractivity contribution is 7.26. The van der Waals surface area contributed by atoms with Gasteiger partial charge in [-0.2, -0.15) is 0 Å². The molecule has 0 amide bonds. The maximum Gasteiger partial charge on any atom is 0.0561 e. The first-order chi connectivity index (χ1) is 24.1. The maximum absolute atomic E-state index is 2.47. The minimum absolute atomic E-state index is 1.18. The Labute approximate surface area is 286 Å². The van der Waals surface area contributed by atoms with Crippen LogP contribution in [0, 0.1) is 13.8 Å². The lowest BCUT2D eigenvalue weighted by atomic mass is 9.93. The fourth-order valence-corrected chi connectivity index (χ4v) is 9.67. The number of fused-ring (bicyclic) bond motifs is 9. The highest BCUT2D eigenvalue weighted by atomic mass is 32.1. The van der Waals surface area contributed by atoms with E-state index in [1.807, 2.05) is 11.3 Å². The minimum atomic E-state index is 1.18. The third-order valence-electron chi connectivity index (χ3n) is 10.6. The number of thiophene rings is 1. The van der Waals surface area contributed by atoms with E-state index in [0.717, 1.165) is 0 Å². The van der Waals surface area contributed by atoms with Gasteiger partial charge >= 0.3 is 0 Å². The van der Waals surface area contributed by atoms with E-state index < -0.39 is 0 Å². The van der Waals surface area contributed by atoms with Crippen molar-refractivity contribution < 1.29 is 0 Å². The van der Waals surface area contributed by atoms with Crippen molar-refractivity contribution in [3.8, 4) is 11.4 Å². The van der Waals surface area contributed by atoms with Gasteiger partial charge in [-0.15, -0.1) is 11.3 Å². The van der Waals surface area contributed by atoms with Crippen molar-refractivity contribution in [3.63, 3.8) is 0 Å². The Morgan fingerprint density at radius 2 is 0.735 bits per heavy atom. The predicted molar refractivity (Wildman–Crippen MR) is 212 cm³/mol. The summed E-state index contributed by atoms with van der Waals surface area (Å²) >= 11 is 1.92. The average Bonchev–Trinajstić information content (AvgIpc) is 3.52. The zero-order valence-electron chi connectivity index (χ0n) is 27.2. The molecule has 11 rings (SSSR count). The van der Waals surface area contributed by atoms with Gasteiger partial charge in [-0.05, 0) is 83.9 Å². The molecule has 230 valence electrons. The fraction of sp³-hybridized carbons (Fsp3) is 0.0435. The van der Waals surface area contributed by atoms with E-state index in [1.54, 1.807) is 0 Å². The van der Waals surface area contributed by atoms with Gasteiger partial charge in [0.05, 0.1) is 22.1 Å². The SMILES string of the molecule is Cc1ccc(-n2c3ccccc3c3cccc4c5c(cc2c34)sc2cc3c4c(cccc4c25)c2ccccc2n3-c2ccc(C)cc2)cc1. The van der Waals surface area contributed by atoms with Crippen molar-refractivity contribution in [2.75, 3.05) is 0 Å². The third-order valence-corrected chi connectivity index (χ3v) is 11.7. The van der Waals surface area contributed by atoms with E-state index in [2.05, 4.69) is 169 Å². The summed E-state index contributed by atoms with van der Waals surface area (Å²) in [5, 5.41) is 13.1. The van der Waals surface area contributed by atoms with Gasteiger partial charge in [0.1, 0.15) is 0 Å². The Hall–Kier alpha value is -5.90. The van der Waals surface area contributed by atoms with Crippen LogP contribution in [0.2, 0.25) is 0 Å². The van der Waals surface area contributed by atoms with Crippen LogP contribution < -0.4 is 0 Å². The Kier molecular flexibility index (Phi) is 5.43. The molecule has 0 saturated heterocycles. The molecule has 3 heteroatoms. The van der Waals surface area contributed by atoms with Gasteiger partial charge in [0.25, 0.3) is 0 Å². The molecule has 0 bridgehead atoms. The van der Waals surface area contributed by atoms with Gasteiger partial charge in [-0.25, -0.2) is 0 Å². The largest absolute Gasteiger partial charge is 0.309 e. The van der Waals surface area contributed by atoms with Gasteiger partial charge in [0, 0.05) is 53.1 Å².